The van der Waals surface area contributed by atoms with Gasteiger partial charge in [0.25, 0.3) is 0 Å². The van der Waals surface area contributed by atoms with Gasteiger partial charge in [0.1, 0.15) is 0 Å². The van der Waals surface area contributed by atoms with Crippen molar-refractivity contribution in [3.05, 3.63) is 29.6 Å². The summed E-state index contributed by atoms with van der Waals surface area (Å²) in [5.74, 6) is 0. The highest BCUT2D eigenvalue weighted by Gasteiger charge is 2.44. The molecule has 3 nitrogen and oxygen atoms in total. The van der Waals surface area contributed by atoms with E-state index in [1.165, 1.54) is 5.56 Å². The van der Waals surface area contributed by atoms with E-state index in [0.29, 0.717) is 0 Å². The SMILES string of the molecule is NC1(c2ccnc(C3(N)CC3)c2)CC1. The van der Waals surface area contributed by atoms with Crippen molar-refractivity contribution < 1.29 is 0 Å². The lowest BCUT2D eigenvalue weighted by Crippen LogP contribution is -2.23. The number of nitrogens with zero attached hydrogens (tertiary/aromatic N) is 1. The van der Waals surface area contributed by atoms with Crippen LogP contribution in [0.5, 0.6) is 0 Å². The quantitative estimate of drug-likeness (QED) is 0.728. The Labute approximate surface area is 83.5 Å². The van der Waals surface area contributed by atoms with Crippen molar-refractivity contribution in [3.63, 3.8) is 0 Å². The molecule has 2 saturated carbocycles. The fourth-order valence-corrected chi connectivity index (χ4v) is 1.83. The summed E-state index contributed by atoms with van der Waals surface area (Å²) in [5.41, 5.74) is 14.3. The van der Waals surface area contributed by atoms with Gasteiger partial charge >= 0.3 is 0 Å². The average molecular weight is 189 g/mol. The van der Waals surface area contributed by atoms with Gasteiger partial charge < -0.3 is 11.5 Å². The first kappa shape index (κ1) is 8.38. The lowest BCUT2D eigenvalue weighted by atomic mass is 10.0. The summed E-state index contributed by atoms with van der Waals surface area (Å²) in [5, 5.41) is 0. The summed E-state index contributed by atoms with van der Waals surface area (Å²) in [7, 11) is 0. The molecule has 0 radical (unpaired) electrons. The zero-order valence-electron chi connectivity index (χ0n) is 8.16. The minimum atomic E-state index is -0.138. The fraction of sp³-hybridized carbons (Fsp3) is 0.545. The highest BCUT2D eigenvalue weighted by atomic mass is 14.9. The Hall–Kier alpha value is -0.930. The molecule has 3 rings (SSSR count). The van der Waals surface area contributed by atoms with Gasteiger partial charge in [-0.1, -0.05) is 0 Å². The molecule has 0 aliphatic heterocycles. The second-order valence-corrected chi connectivity index (χ2v) is 4.74. The summed E-state index contributed by atoms with van der Waals surface area (Å²) in [6, 6.07) is 4.11. The van der Waals surface area contributed by atoms with Crippen LogP contribution in [0.15, 0.2) is 18.3 Å². The van der Waals surface area contributed by atoms with Gasteiger partial charge in [0.2, 0.25) is 0 Å². The highest BCUT2D eigenvalue weighted by molar-refractivity contribution is 5.34. The molecular weight excluding hydrogens is 174 g/mol. The largest absolute Gasteiger partial charge is 0.321 e. The standard InChI is InChI=1S/C11H15N3/c12-10(2-3-10)8-1-6-14-9(7-8)11(13)4-5-11/h1,6-7H,2-5,12-13H2. The smallest absolute Gasteiger partial charge is 0.0605 e. The minimum Gasteiger partial charge on any atom is -0.321 e. The molecule has 0 unspecified atom stereocenters. The molecule has 1 aromatic rings. The predicted octanol–water partition coefficient (Wildman–Crippen LogP) is 0.977. The Bertz CT molecular complexity index is 345. The lowest BCUT2D eigenvalue weighted by molar-refractivity contribution is 0.687. The van der Waals surface area contributed by atoms with Gasteiger partial charge in [-0.15, -0.1) is 0 Å². The first-order valence-corrected chi connectivity index (χ1v) is 5.17. The van der Waals surface area contributed by atoms with Gasteiger partial charge in [-0.2, -0.15) is 0 Å². The molecule has 74 valence electrons. The van der Waals surface area contributed by atoms with Crippen molar-refractivity contribution in [2.75, 3.05) is 0 Å². The van der Waals surface area contributed by atoms with Crippen LogP contribution < -0.4 is 11.5 Å². The van der Waals surface area contributed by atoms with Crippen LogP contribution in [-0.2, 0) is 11.1 Å². The van der Waals surface area contributed by atoms with E-state index < -0.39 is 0 Å². The second kappa shape index (κ2) is 2.35. The molecule has 2 aliphatic carbocycles. The molecule has 4 N–H and O–H groups in total. The molecule has 0 saturated heterocycles. The highest BCUT2D eigenvalue weighted by Crippen LogP contribution is 2.46. The maximum atomic E-state index is 6.13. The first-order chi connectivity index (χ1) is 6.62. The van der Waals surface area contributed by atoms with E-state index in [0.717, 1.165) is 31.4 Å². The van der Waals surface area contributed by atoms with Crippen molar-refractivity contribution in [1.29, 1.82) is 0 Å². The molecule has 1 aromatic heterocycles. The van der Waals surface area contributed by atoms with E-state index >= 15 is 0 Å². The zero-order valence-corrected chi connectivity index (χ0v) is 8.16. The third-order valence-electron chi connectivity index (χ3n) is 3.42. The van der Waals surface area contributed by atoms with Crippen LogP contribution in [0.25, 0.3) is 0 Å². The zero-order chi connectivity index (χ0) is 9.81. The summed E-state index contributed by atoms with van der Waals surface area (Å²) >= 11 is 0. The second-order valence-electron chi connectivity index (χ2n) is 4.74. The van der Waals surface area contributed by atoms with Gasteiger partial charge in [0.15, 0.2) is 0 Å². The number of hydrogen-bond donors (Lipinski definition) is 2. The molecular formula is C11H15N3. The Morgan fingerprint density at radius 1 is 1.07 bits per heavy atom. The Kier molecular flexibility index (Phi) is 1.41. The van der Waals surface area contributed by atoms with Crippen molar-refractivity contribution in [2.45, 2.75) is 36.8 Å². The van der Waals surface area contributed by atoms with Gasteiger partial charge in [-0.05, 0) is 43.4 Å². The molecule has 1 heterocycles. The van der Waals surface area contributed by atoms with Crippen LogP contribution in [-0.4, -0.2) is 4.98 Å². The minimum absolute atomic E-state index is 0.0665. The number of hydrogen-bond acceptors (Lipinski definition) is 3. The summed E-state index contributed by atoms with van der Waals surface area (Å²) in [4.78, 5) is 4.33. The van der Waals surface area contributed by atoms with E-state index in [4.69, 9.17) is 11.5 Å². The number of aromatic nitrogens is 1. The molecule has 0 bridgehead atoms. The molecule has 0 amide bonds. The van der Waals surface area contributed by atoms with Crippen LogP contribution in [0, 0.1) is 0 Å². The molecule has 0 spiro atoms. The maximum Gasteiger partial charge on any atom is 0.0605 e. The molecule has 2 fully saturated rings. The van der Waals surface area contributed by atoms with Gasteiger partial charge in [0.05, 0.1) is 11.2 Å². The monoisotopic (exact) mass is 189 g/mol. The van der Waals surface area contributed by atoms with Crippen LogP contribution in [0.4, 0.5) is 0 Å². The Morgan fingerprint density at radius 2 is 1.71 bits per heavy atom. The van der Waals surface area contributed by atoms with E-state index in [1.54, 1.807) is 0 Å². The Balaban J connectivity index is 1.99. The predicted molar refractivity (Wildman–Crippen MR) is 54.4 cm³/mol. The van der Waals surface area contributed by atoms with E-state index in [-0.39, 0.29) is 11.1 Å². The third kappa shape index (κ3) is 1.16. The topological polar surface area (TPSA) is 64.9 Å². The van der Waals surface area contributed by atoms with E-state index in [9.17, 15) is 0 Å². The van der Waals surface area contributed by atoms with Crippen molar-refractivity contribution in [1.82, 2.24) is 4.98 Å². The van der Waals surface area contributed by atoms with Crippen LogP contribution in [0.3, 0.4) is 0 Å². The third-order valence-corrected chi connectivity index (χ3v) is 3.42. The van der Waals surface area contributed by atoms with Gasteiger partial charge in [-0.25, -0.2) is 0 Å². The van der Waals surface area contributed by atoms with Gasteiger partial charge in [0, 0.05) is 11.7 Å². The van der Waals surface area contributed by atoms with Crippen LogP contribution in [0.1, 0.15) is 36.9 Å². The molecule has 3 heteroatoms. The van der Waals surface area contributed by atoms with Crippen molar-refractivity contribution in [3.8, 4) is 0 Å². The van der Waals surface area contributed by atoms with Crippen LogP contribution >= 0.6 is 0 Å². The molecule has 14 heavy (non-hydrogen) atoms. The van der Waals surface area contributed by atoms with Gasteiger partial charge in [-0.3, -0.25) is 4.98 Å². The van der Waals surface area contributed by atoms with E-state index in [1.807, 2.05) is 12.3 Å². The summed E-state index contributed by atoms with van der Waals surface area (Å²) < 4.78 is 0. The molecule has 2 aliphatic rings. The van der Waals surface area contributed by atoms with Crippen LogP contribution in [0.2, 0.25) is 0 Å². The first-order valence-electron chi connectivity index (χ1n) is 5.17. The van der Waals surface area contributed by atoms with Crippen molar-refractivity contribution >= 4 is 0 Å². The summed E-state index contributed by atoms with van der Waals surface area (Å²) in [6.45, 7) is 0. The van der Waals surface area contributed by atoms with Crippen molar-refractivity contribution in [2.24, 2.45) is 11.5 Å². The fourth-order valence-electron chi connectivity index (χ4n) is 1.83. The number of pyridine rings is 1. The summed E-state index contributed by atoms with van der Waals surface area (Å²) in [6.07, 6.45) is 6.13. The number of rotatable bonds is 2. The average Bonchev–Trinajstić information content (AvgIpc) is 3.08. The number of nitrogens with two attached hydrogens (primary N) is 2. The lowest BCUT2D eigenvalue weighted by Gasteiger charge is -2.13. The molecule has 0 aromatic carbocycles. The Morgan fingerprint density at radius 3 is 2.29 bits per heavy atom. The maximum absolute atomic E-state index is 6.13. The normalized spacial score (nSPS) is 25.9. The molecule has 0 atom stereocenters. The van der Waals surface area contributed by atoms with E-state index in [2.05, 4.69) is 11.1 Å².